The van der Waals surface area contributed by atoms with Gasteiger partial charge in [-0.3, -0.25) is 0 Å². The first-order chi connectivity index (χ1) is 9.43. The Morgan fingerprint density at radius 2 is 1.70 bits per heavy atom. The maximum Gasteiger partial charge on any atom is 0.182 e. The zero-order chi connectivity index (χ0) is 14.3. The van der Waals surface area contributed by atoms with E-state index in [0.29, 0.717) is 0 Å². The van der Waals surface area contributed by atoms with Crippen LogP contribution in [0.1, 0.15) is 31.9 Å². The van der Waals surface area contributed by atoms with Gasteiger partial charge in [0.1, 0.15) is 0 Å². The maximum atomic E-state index is 4.59. The van der Waals surface area contributed by atoms with E-state index >= 15 is 0 Å². The van der Waals surface area contributed by atoms with E-state index in [2.05, 4.69) is 62.0 Å². The minimum absolute atomic E-state index is 0.169. The topological polar surface area (TPSA) is 30.2 Å². The second-order valence-electron chi connectivity index (χ2n) is 6.27. The van der Waals surface area contributed by atoms with Gasteiger partial charge in [0.25, 0.3) is 0 Å². The fraction of sp³-hybridized carbons (Fsp3) is 0.294. The normalized spacial score (nSPS) is 12.0. The lowest BCUT2D eigenvalue weighted by Gasteiger charge is -2.18. The van der Waals surface area contributed by atoms with Crippen molar-refractivity contribution in [2.45, 2.75) is 33.1 Å². The molecule has 3 aromatic rings. The standard InChI is InChI=1S/C17H19N3/c1-12-9-10-20-15(11-12)18-16(19-20)13-5-7-14(8-6-13)17(2,3)4/h5-11H,1-4H3. The van der Waals surface area contributed by atoms with Crippen LogP contribution >= 0.6 is 0 Å². The van der Waals surface area contributed by atoms with Crippen LogP contribution in [0, 0.1) is 6.92 Å². The molecule has 0 amide bonds. The molecule has 0 saturated carbocycles. The third-order valence-corrected chi connectivity index (χ3v) is 3.50. The first-order valence-electron chi connectivity index (χ1n) is 6.87. The Morgan fingerprint density at radius 1 is 1.00 bits per heavy atom. The number of benzene rings is 1. The quantitative estimate of drug-likeness (QED) is 0.665. The zero-order valence-corrected chi connectivity index (χ0v) is 12.4. The van der Waals surface area contributed by atoms with E-state index in [1.807, 2.05) is 22.8 Å². The van der Waals surface area contributed by atoms with Gasteiger partial charge in [-0.1, -0.05) is 45.0 Å². The van der Waals surface area contributed by atoms with E-state index in [4.69, 9.17) is 0 Å². The number of hydrogen-bond donors (Lipinski definition) is 0. The third-order valence-electron chi connectivity index (χ3n) is 3.50. The predicted octanol–water partition coefficient (Wildman–Crippen LogP) is 4.00. The number of fused-ring (bicyclic) bond motifs is 1. The van der Waals surface area contributed by atoms with Crippen LogP contribution in [0.15, 0.2) is 42.6 Å². The van der Waals surface area contributed by atoms with Crippen molar-refractivity contribution in [1.29, 1.82) is 0 Å². The van der Waals surface area contributed by atoms with Gasteiger partial charge in [0.2, 0.25) is 0 Å². The van der Waals surface area contributed by atoms with Crippen LogP contribution in [-0.4, -0.2) is 14.6 Å². The second kappa shape index (κ2) is 4.44. The van der Waals surface area contributed by atoms with Crippen molar-refractivity contribution >= 4 is 5.65 Å². The maximum absolute atomic E-state index is 4.59. The van der Waals surface area contributed by atoms with Crippen molar-refractivity contribution in [1.82, 2.24) is 14.6 Å². The summed E-state index contributed by atoms with van der Waals surface area (Å²) >= 11 is 0. The lowest BCUT2D eigenvalue weighted by molar-refractivity contribution is 0.590. The van der Waals surface area contributed by atoms with Gasteiger partial charge in [0, 0.05) is 11.8 Å². The third kappa shape index (κ3) is 2.31. The summed E-state index contributed by atoms with van der Waals surface area (Å²) in [6.07, 6.45) is 1.95. The van der Waals surface area contributed by atoms with E-state index in [9.17, 15) is 0 Å². The predicted molar refractivity (Wildman–Crippen MR) is 81.9 cm³/mol. The molecule has 0 saturated heterocycles. The van der Waals surface area contributed by atoms with Crippen molar-refractivity contribution in [3.63, 3.8) is 0 Å². The van der Waals surface area contributed by atoms with Crippen molar-refractivity contribution < 1.29 is 0 Å². The van der Waals surface area contributed by atoms with Crippen molar-refractivity contribution in [3.8, 4) is 11.4 Å². The first-order valence-corrected chi connectivity index (χ1v) is 6.87. The van der Waals surface area contributed by atoms with E-state index in [-0.39, 0.29) is 5.41 Å². The number of hydrogen-bond acceptors (Lipinski definition) is 2. The van der Waals surface area contributed by atoms with Crippen LogP contribution < -0.4 is 0 Å². The minimum Gasteiger partial charge on any atom is -0.221 e. The van der Waals surface area contributed by atoms with E-state index in [0.717, 1.165) is 17.0 Å². The summed E-state index contributed by atoms with van der Waals surface area (Å²) in [4.78, 5) is 4.59. The zero-order valence-electron chi connectivity index (χ0n) is 12.4. The Labute approximate surface area is 119 Å². The summed E-state index contributed by atoms with van der Waals surface area (Å²) in [5, 5.41) is 4.52. The molecule has 0 spiro atoms. The Bertz CT molecular complexity index is 746. The lowest BCUT2D eigenvalue weighted by Crippen LogP contribution is -2.10. The summed E-state index contributed by atoms with van der Waals surface area (Å²) in [5.41, 5.74) is 4.63. The molecule has 2 heterocycles. The van der Waals surface area contributed by atoms with Crippen LogP contribution in [0.2, 0.25) is 0 Å². The molecule has 3 rings (SSSR count). The van der Waals surface area contributed by atoms with Crippen molar-refractivity contribution in [2.24, 2.45) is 0 Å². The molecule has 0 aliphatic rings. The molecule has 3 heteroatoms. The molecule has 102 valence electrons. The summed E-state index contributed by atoms with van der Waals surface area (Å²) in [6.45, 7) is 8.71. The Balaban J connectivity index is 2.02. The molecule has 0 unspecified atom stereocenters. The molecule has 2 aromatic heterocycles. The van der Waals surface area contributed by atoms with E-state index in [1.165, 1.54) is 11.1 Å². The van der Waals surface area contributed by atoms with Crippen LogP contribution in [-0.2, 0) is 5.41 Å². The van der Waals surface area contributed by atoms with Gasteiger partial charge >= 0.3 is 0 Å². The highest BCUT2D eigenvalue weighted by Gasteiger charge is 2.14. The average Bonchev–Trinajstić information content (AvgIpc) is 2.80. The highest BCUT2D eigenvalue weighted by atomic mass is 15.3. The molecule has 3 nitrogen and oxygen atoms in total. The van der Waals surface area contributed by atoms with E-state index in [1.54, 1.807) is 0 Å². The molecule has 0 aliphatic carbocycles. The first kappa shape index (κ1) is 12.9. The smallest absolute Gasteiger partial charge is 0.182 e. The molecule has 0 aliphatic heterocycles. The monoisotopic (exact) mass is 265 g/mol. The van der Waals surface area contributed by atoms with Gasteiger partial charge in [0.05, 0.1) is 0 Å². The van der Waals surface area contributed by atoms with Crippen LogP contribution in [0.25, 0.3) is 17.0 Å². The van der Waals surface area contributed by atoms with Crippen LogP contribution in [0.4, 0.5) is 0 Å². The number of pyridine rings is 1. The van der Waals surface area contributed by atoms with Gasteiger partial charge in [-0.15, -0.1) is 5.10 Å². The molecule has 0 atom stereocenters. The molecule has 0 fully saturated rings. The number of aryl methyl sites for hydroxylation is 1. The lowest BCUT2D eigenvalue weighted by atomic mass is 9.87. The van der Waals surface area contributed by atoms with Gasteiger partial charge in [-0.2, -0.15) is 0 Å². The van der Waals surface area contributed by atoms with Gasteiger partial charge in [-0.05, 0) is 35.6 Å². The Kier molecular flexibility index (Phi) is 2.85. The molecule has 0 radical (unpaired) electrons. The summed E-state index contributed by atoms with van der Waals surface area (Å²) in [7, 11) is 0. The fourth-order valence-corrected chi connectivity index (χ4v) is 2.22. The molecule has 1 aromatic carbocycles. The molecule has 0 bridgehead atoms. The average molecular weight is 265 g/mol. The second-order valence-corrected chi connectivity index (χ2v) is 6.27. The largest absolute Gasteiger partial charge is 0.221 e. The Hall–Kier alpha value is -2.16. The molecular formula is C17H19N3. The summed E-state index contributed by atoms with van der Waals surface area (Å²) < 4.78 is 1.82. The van der Waals surface area contributed by atoms with Crippen molar-refractivity contribution in [3.05, 3.63) is 53.7 Å². The number of rotatable bonds is 1. The van der Waals surface area contributed by atoms with Crippen LogP contribution in [0.3, 0.4) is 0 Å². The van der Waals surface area contributed by atoms with Crippen molar-refractivity contribution in [2.75, 3.05) is 0 Å². The van der Waals surface area contributed by atoms with Gasteiger partial charge < -0.3 is 0 Å². The minimum atomic E-state index is 0.169. The Morgan fingerprint density at radius 3 is 2.35 bits per heavy atom. The van der Waals surface area contributed by atoms with E-state index < -0.39 is 0 Å². The van der Waals surface area contributed by atoms with Gasteiger partial charge in [-0.25, -0.2) is 9.50 Å². The number of nitrogens with zero attached hydrogens (tertiary/aromatic N) is 3. The number of aromatic nitrogens is 3. The van der Waals surface area contributed by atoms with Gasteiger partial charge in [0.15, 0.2) is 11.5 Å². The molecular weight excluding hydrogens is 246 g/mol. The fourth-order valence-electron chi connectivity index (χ4n) is 2.22. The van der Waals surface area contributed by atoms with Crippen LogP contribution in [0.5, 0.6) is 0 Å². The SMILES string of the molecule is Cc1ccn2nc(-c3ccc(C(C)(C)C)cc3)nc2c1. The highest BCUT2D eigenvalue weighted by Crippen LogP contribution is 2.25. The molecule has 20 heavy (non-hydrogen) atoms. The summed E-state index contributed by atoms with van der Waals surface area (Å²) in [5.74, 6) is 0.774. The molecule has 0 N–H and O–H groups in total. The highest BCUT2D eigenvalue weighted by molar-refractivity contribution is 5.59. The summed E-state index contributed by atoms with van der Waals surface area (Å²) in [6, 6.07) is 12.6.